The van der Waals surface area contributed by atoms with Crippen molar-refractivity contribution in [3.63, 3.8) is 0 Å². The zero-order chi connectivity index (χ0) is 16.6. The van der Waals surface area contributed by atoms with E-state index >= 15 is 0 Å². The maximum absolute atomic E-state index is 12.4. The van der Waals surface area contributed by atoms with E-state index in [1.807, 2.05) is 25.1 Å². The number of nitrogens with zero attached hydrogens (tertiary/aromatic N) is 4. The van der Waals surface area contributed by atoms with Crippen molar-refractivity contribution in [2.45, 2.75) is 19.8 Å². The molecule has 2 aromatic heterocycles. The summed E-state index contributed by atoms with van der Waals surface area (Å²) >= 11 is 1.03. The van der Waals surface area contributed by atoms with Gasteiger partial charge in [0.1, 0.15) is 10.7 Å². The van der Waals surface area contributed by atoms with Crippen LogP contribution in [0.15, 0.2) is 23.0 Å². The molecule has 0 atom stereocenters. The molecule has 0 aliphatic heterocycles. The molecule has 0 fully saturated rings. The molecule has 0 aliphatic carbocycles. The van der Waals surface area contributed by atoms with Crippen molar-refractivity contribution in [3.8, 4) is 0 Å². The zero-order valence-corrected chi connectivity index (χ0v) is 13.0. The lowest BCUT2D eigenvalue weighted by atomic mass is 10.1. The lowest BCUT2D eigenvalue weighted by Crippen LogP contribution is -2.22. The fourth-order valence-electron chi connectivity index (χ4n) is 2.15. The molecule has 0 bridgehead atoms. The van der Waals surface area contributed by atoms with Gasteiger partial charge in [0.2, 0.25) is 4.96 Å². The van der Waals surface area contributed by atoms with E-state index in [4.69, 9.17) is 10.8 Å². The molecule has 23 heavy (non-hydrogen) atoms. The van der Waals surface area contributed by atoms with Crippen molar-refractivity contribution < 1.29 is 9.90 Å². The predicted molar refractivity (Wildman–Crippen MR) is 84.7 cm³/mol. The van der Waals surface area contributed by atoms with Crippen LogP contribution < -0.4 is 11.3 Å². The summed E-state index contributed by atoms with van der Waals surface area (Å²) in [5, 5.41) is 21.0. The lowest BCUT2D eigenvalue weighted by Gasteiger charge is -2.05. The Kier molecular flexibility index (Phi) is 3.78. The van der Waals surface area contributed by atoms with Crippen molar-refractivity contribution in [2.24, 2.45) is 0 Å². The molecule has 8 nitrogen and oxygen atoms in total. The first-order chi connectivity index (χ1) is 10.9. The topological polar surface area (TPSA) is 123 Å². The van der Waals surface area contributed by atoms with Crippen LogP contribution in [0.1, 0.15) is 21.8 Å². The Labute approximate surface area is 134 Å². The molecule has 3 N–H and O–H groups in total. The first-order valence-corrected chi connectivity index (χ1v) is 7.57. The van der Waals surface area contributed by atoms with Gasteiger partial charge in [-0.05, 0) is 24.1 Å². The van der Waals surface area contributed by atoms with Gasteiger partial charge in [0.05, 0.1) is 6.42 Å². The lowest BCUT2D eigenvalue weighted by molar-refractivity contribution is -0.136. The number of aromatic nitrogens is 4. The third-order valence-corrected chi connectivity index (χ3v) is 4.16. The number of rotatable bonds is 4. The van der Waals surface area contributed by atoms with Crippen LogP contribution >= 0.6 is 11.3 Å². The van der Waals surface area contributed by atoms with Crippen LogP contribution in [0.2, 0.25) is 0 Å². The minimum Gasteiger partial charge on any atom is -0.481 e. The third-order valence-electron chi connectivity index (χ3n) is 3.26. The number of nitrogens with two attached hydrogens (primary N) is 1. The quantitative estimate of drug-likeness (QED) is 0.673. The van der Waals surface area contributed by atoms with Crippen molar-refractivity contribution in [2.75, 3.05) is 5.73 Å². The van der Waals surface area contributed by atoms with Gasteiger partial charge in [-0.15, -0.1) is 10.2 Å². The number of anilines is 1. The molecule has 3 rings (SSSR count). The average molecular weight is 331 g/mol. The summed E-state index contributed by atoms with van der Waals surface area (Å²) in [5.74, 6) is -1.02. The van der Waals surface area contributed by atoms with E-state index in [0.717, 1.165) is 27.0 Å². The summed E-state index contributed by atoms with van der Waals surface area (Å²) in [6.07, 6.45) is -0.0135. The maximum atomic E-state index is 12.4. The number of benzene rings is 1. The minimum atomic E-state index is -1.02. The molecule has 0 saturated carbocycles. The number of carbonyl (C=O) groups is 1. The first-order valence-electron chi connectivity index (χ1n) is 6.75. The Balaban J connectivity index is 2.00. The highest BCUT2D eigenvalue weighted by Gasteiger charge is 2.14. The van der Waals surface area contributed by atoms with Crippen molar-refractivity contribution in [1.82, 2.24) is 19.8 Å². The second-order valence-corrected chi connectivity index (χ2v) is 6.13. The van der Waals surface area contributed by atoms with Crippen molar-refractivity contribution >= 4 is 28.0 Å². The monoisotopic (exact) mass is 331 g/mol. The van der Waals surface area contributed by atoms with Crippen LogP contribution in [0, 0.1) is 6.92 Å². The summed E-state index contributed by atoms with van der Waals surface area (Å²) < 4.78 is 1.09. The molecule has 0 amide bonds. The molecule has 0 saturated heterocycles. The molecular formula is C14H13N5O3S. The highest BCUT2D eigenvalue weighted by Crippen LogP contribution is 2.16. The zero-order valence-electron chi connectivity index (χ0n) is 12.2. The van der Waals surface area contributed by atoms with Crippen molar-refractivity contribution in [3.05, 3.63) is 50.4 Å². The average Bonchev–Trinajstić information content (AvgIpc) is 2.87. The Bertz CT molecular complexity index is 963. The Morgan fingerprint density at radius 2 is 2.17 bits per heavy atom. The second kappa shape index (κ2) is 5.76. The molecule has 3 aromatic rings. The van der Waals surface area contributed by atoms with Gasteiger partial charge < -0.3 is 10.8 Å². The van der Waals surface area contributed by atoms with E-state index in [1.165, 1.54) is 0 Å². The number of hydrogen-bond donors (Lipinski definition) is 2. The SMILES string of the molecule is Cc1ccc(Cc2nnc3sc(CC(=O)O)nn3c2=O)c(N)c1. The van der Waals surface area contributed by atoms with Crippen LogP contribution in [-0.4, -0.2) is 30.9 Å². The van der Waals surface area contributed by atoms with Gasteiger partial charge in [-0.3, -0.25) is 9.59 Å². The molecule has 2 heterocycles. The first kappa shape index (κ1) is 15.1. The summed E-state index contributed by atoms with van der Waals surface area (Å²) in [5.41, 5.74) is 8.15. The molecule has 0 aliphatic rings. The number of aryl methyl sites for hydroxylation is 1. The Morgan fingerprint density at radius 1 is 1.39 bits per heavy atom. The van der Waals surface area contributed by atoms with Crippen LogP contribution in [0.3, 0.4) is 0 Å². The standard InChI is InChI=1S/C14H13N5O3S/c1-7-2-3-8(9(15)4-7)5-10-13(22)19-14(17-16-10)23-11(18-19)6-12(20)21/h2-4H,5-6,15H2,1H3,(H,20,21). The van der Waals surface area contributed by atoms with Gasteiger partial charge in [-0.2, -0.15) is 9.61 Å². The molecule has 0 unspecified atom stereocenters. The smallest absolute Gasteiger partial charge is 0.310 e. The van der Waals surface area contributed by atoms with E-state index in [0.29, 0.717) is 10.7 Å². The van der Waals surface area contributed by atoms with Crippen LogP contribution in [0.25, 0.3) is 4.96 Å². The highest BCUT2D eigenvalue weighted by atomic mass is 32.1. The fourth-order valence-corrected chi connectivity index (χ4v) is 2.97. The molecule has 118 valence electrons. The predicted octanol–water partition coefficient (Wildman–Crippen LogP) is 0.655. The van der Waals surface area contributed by atoms with E-state index in [-0.39, 0.29) is 23.5 Å². The van der Waals surface area contributed by atoms with Gasteiger partial charge in [-0.1, -0.05) is 23.5 Å². The van der Waals surface area contributed by atoms with Gasteiger partial charge in [0, 0.05) is 12.1 Å². The molecule has 0 radical (unpaired) electrons. The molecule has 0 spiro atoms. The van der Waals surface area contributed by atoms with Crippen molar-refractivity contribution in [1.29, 1.82) is 0 Å². The molecule has 9 heteroatoms. The summed E-state index contributed by atoms with van der Waals surface area (Å²) in [4.78, 5) is 23.4. The van der Waals surface area contributed by atoms with Crippen LogP contribution in [0.5, 0.6) is 0 Å². The number of hydrogen-bond acceptors (Lipinski definition) is 7. The van der Waals surface area contributed by atoms with Crippen LogP contribution in [0.4, 0.5) is 5.69 Å². The molecular weight excluding hydrogens is 318 g/mol. The van der Waals surface area contributed by atoms with Crippen LogP contribution in [-0.2, 0) is 17.6 Å². The Hall–Kier alpha value is -2.81. The maximum Gasteiger partial charge on any atom is 0.310 e. The normalized spacial score (nSPS) is 11.0. The highest BCUT2D eigenvalue weighted by molar-refractivity contribution is 7.16. The molecule has 1 aromatic carbocycles. The fraction of sp³-hybridized carbons (Fsp3) is 0.214. The number of fused-ring (bicyclic) bond motifs is 1. The van der Waals surface area contributed by atoms with Gasteiger partial charge in [0.15, 0.2) is 0 Å². The Morgan fingerprint density at radius 3 is 2.87 bits per heavy atom. The number of nitrogen functional groups attached to an aromatic ring is 1. The largest absolute Gasteiger partial charge is 0.481 e. The van der Waals surface area contributed by atoms with Gasteiger partial charge >= 0.3 is 5.97 Å². The summed E-state index contributed by atoms with van der Waals surface area (Å²) in [7, 11) is 0. The summed E-state index contributed by atoms with van der Waals surface area (Å²) in [6, 6.07) is 5.58. The summed E-state index contributed by atoms with van der Waals surface area (Å²) in [6.45, 7) is 1.93. The van der Waals surface area contributed by atoms with E-state index in [2.05, 4.69) is 15.3 Å². The number of aliphatic carboxylic acids is 1. The third kappa shape index (κ3) is 3.04. The number of carboxylic acids is 1. The second-order valence-electron chi connectivity index (χ2n) is 5.09. The van der Waals surface area contributed by atoms with E-state index in [9.17, 15) is 9.59 Å². The van der Waals surface area contributed by atoms with E-state index < -0.39 is 11.5 Å². The van der Waals surface area contributed by atoms with E-state index in [1.54, 1.807) is 0 Å². The van der Waals surface area contributed by atoms with Gasteiger partial charge in [0.25, 0.3) is 5.56 Å². The number of carboxylic acid groups (broad SMARTS) is 1. The minimum absolute atomic E-state index is 0.213. The van der Waals surface area contributed by atoms with Gasteiger partial charge in [-0.25, -0.2) is 0 Å².